The average molecular weight is 439 g/mol. The summed E-state index contributed by atoms with van der Waals surface area (Å²) in [6.07, 6.45) is 1.69. The van der Waals surface area contributed by atoms with Crippen molar-refractivity contribution >= 4 is 27.0 Å². The van der Waals surface area contributed by atoms with Crippen LogP contribution in [-0.4, -0.2) is 53.4 Å². The Hall–Kier alpha value is -2.81. The molecule has 0 bridgehead atoms. The van der Waals surface area contributed by atoms with Gasteiger partial charge in [0.05, 0.1) is 21.8 Å². The lowest BCUT2D eigenvalue weighted by Gasteiger charge is -2.37. The lowest BCUT2D eigenvalue weighted by Crippen LogP contribution is -2.49. The number of hydrogen-bond acceptors (Lipinski definition) is 5. The third-order valence-corrected chi connectivity index (χ3v) is 7.88. The fourth-order valence-corrected chi connectivity index (χ4v) is 5.45. The second-order valence-corrected chi connectivity index (χ2v) is 9.68. The molecular weight excluding hydrogens is 412 g/mol. The highest BCUT2D eigenvalue weighted by atomic mass is 32.2. The summed E-state index contributed by atoms with van der Waals surface area (Å²) in [5, 5.41) is 0.597. The van der Waals surface area contributed by atoms with Crippen molar-refractivity contribution < 1.29 is 8.42 Å². The molecule has 1 unspecified atom stereocenters. The molecule has 1 fully saturated rings. The van der Waals surface area contributed by atoms with E-state index in [9.17, 15) is 13.2 Å². The Kier molecular flexibility index (Phi) is 5.79. The first-order valence-corrected chi connectivity index (χ1v) is 11.7. The van der Waals surface area contributed by atoms with E-state index in [1.807, 2.05) is 25.1 Å². The van der Waals surface area contributed by atoms with Gasteiger partial charge in [0.15, 0.2) is 0 Å². The van der Waals surface area contributed by atoms with Gasteiger partial charge in [-0.1, -0.05) is 36.9 Å². The molecule has 1 aliphatic heterocycles. The summed E-state index contributed by atoms with van der Waals surface area (Å²) in [5.41, 5.74) is 1.49. The first-order chi connectivity index (χ1) is 14.8. The Morgan fingerprint density at radius 1 is 1.03 bits per heavy atom. The minimum absolute atomic E-state index is 0.0726. The molecule has 0 N–H and O–H groups in total. The van der Waals surface area contributed by atoms with Crippen LogP contribution in [0.3, 0.4) is 0 Å². The molecule has 4 rings (SSSR count). The van der Waals surface area contributed by atoms with E-state index in [4.69, 9.17) is 4.98 Å². The number of hydrogen-bond donors (Lipinski definition) is 0. The largest absolute Gasteiger partial charge is 0.298 e. The highest BCUT2D eigenvalue weighted by molar-refractivity contribution is 7.89. The van der Waals surface area contributed by atoms with Crippen LogP contribution >= 0.6 is 0 Å². The van der Waals surface area contributed by atoms with Gasteiger partial charge in [-0.05, 0) is 36.8 Å². The third-order valence-electron chi connectivity index (χ3n) is 5.97. The summed E-state index contributed by atoms with van der Waals surface area (Å²) in [6.45, 7) is 7.61. The van der Waals surface area contributed by atoms with Crippen molar-refractivity contribution in [2.45, 2.75) is 17.9 Å². The summed E-state index contributed by atoms with van der Waals surface area (Å²) < 4.78 is 29.1. The molecule has 1 atom stereocenters. The van der Waals surface area contributed by atoms with Crippen LogP contribution in [0.1, 0.15) is 24.4 Å². The molecule has 0 radical (unpaired) electrons. The number of nitrogens with zero attached hydrogens (tertiary/aromatic N) is 4. The number of aromatic nitrogens is 2. The molecule has 2 heterocycles. The van der Waals surface area contributed by atoms with E-state index in [0.717, 1.165) is 5.56 Å². The molecule has 0 saturated carbocycles. The van der Waals surface area contributed by atoms with E-state index in [0.29, 0.717) is 42.9 Å². The lowest BCUT2D eigenvalue weighted by atomic mass is 10.2. The maximum atomic E-state index is 13.0. The molecular formula is C23H26N4O3S. The van der Waals surface area contributed by atoms with Crippen LogP contribution in [-0.2, 0) is 17.1 Å². The second kappa shape index (κ2) is 8.37. The predicted octanol–water partition coefficient (Wildman–Crippen LogP) is 2.64. The summed E-state index contributed by atoms with van der Waals surface area (Å²) in [6, 6.07) is 14.0. The van der Waals surface area contributed by atoms with Crippen LogP contribution < -0.4 is 5.56 Å². The van der Waals surface area contributed by atoms with Gasteiger partial charge >= 0.3 is 0 Å². The zero-order chi connectivity index (χ0) is 22.2. The van der Waals surface area contributed by atoms with Crippen molar-refractivity contribution in [3.05, 3.63) is 76.9 Å². The first kappa shape index (κ1) is 21.4. The fourth-order valence-electron chi connectivity index (χ4n) is 4.03. The number of rotatable bonds is 5. The molecule has 31 heavy (non-hydrogen) atoms. The van der Waals surface area contributed by atoms with Gasteiger partial charge in [-0.2, -0.15) is 4.31 Å². The number of sulfonamides is 1. The highest BCUT2D eigenvalue weighted by Gasteiger charge is 2.31. The number of fused-ring (bicyclic) bond motifs is 1. The van der Waals surface area contributed by atoms with Crippen molar-refractivity contribution in [1.82, 2.24) is 18.8 Å². The fraction of sp³-hybridized carbons (Fsp3) is 0.304. The minimum atomic E-state index is -3.54. The summed E-state index contributed by atoms with van der Waals surface area (Å²) in [4.78, 5) is 19.9. The molecule has 162 valence electrons. The summed E-state index contributed by atoms with van der Waals surface area (Å²) >= 11 is 0. The van der Waals surface area contributed by atoms with Crippen molar-refractivity contribution in [1.29, 1.82) is 0 Å². The van der Waals surface area contributed by atoms with Crippen molar-refractivity contribution in [3.63, 3.8) is 0 Å². The second-order valence-electron chi connectivity index (χ2n) is 7.74. The Balaban J connectivity index is 1.52. The van der Waals surface area contributed by atoms with Gasteiger partial charge in [0.25, 0.3) is 5.56 Å². The van der Waals surface area contributed by atoms with E-state index < -0.39 is 10.0 Å². The molecule has 1 saturated heterocycles. The third kappa shape index (κ3) is 3.94. The van der Waals surface area contributed by atoms with Crippen LogP contribution in [0.25, 0.3) is 17.0 Å². The van der Waals surface area contributed by atoms with Gasteiger partial charge in [0, 0.05) is 33.2 Å². The maximum absolute atomic E-state index is 13.0. The monoisotopic (exact) mass is 438 g/mol. The smallest absolute Gasteiger partial charge is 0.261 e. The van der Waals surface area contributed by atoms with Crippen LogP contribution in [0.2, 0.25) is 0 Å². The molecule has 1 aliphatic rings. The average Bonchev–Trinajstić information content (AvgIpc) is 2.81. The Bertz CT molecular complexity index is 1270. The van der Waals surface area contributed by atoms with Gasteiger partial charge in [0.2, 0.25) is 10.0 Å². The Morgan fingerprint density at radius 2 is 1.68 bits per heavy atom. The molecule has 7 nitrogen and oxygen atoms in total. The van der Waals surface area contributed by atoms with Gasteiger partial charge < -0.3 is 0 Å². The molecule has 0 aliphatic carbocycles. The van der Waals surface area contributed by atoms with E-state index >= 15 is 0 Å². The van der Waals surface area contributed by atoms with E-state index in [1.165, 1.54) is 4.31 Å². The minimum Gasteiger partial charge on any atom is -0.298 e. The van der Waals surface area contributed by atoms with Crippen molar-refractivity contribution in [3.8, 4) is 0 Å². The van der Waals surface area contributed by atoms with Gasteiger partial charge in [-0.3, -0.25) is 14.3 Å². The van der Waals surface area contributed by atoms with Crippen LogP contribution in [0.15, 0.2) is 64.8 Å². The molecule has 0 amide bonds. The van der Waals surface area contributed by atoms with Crippen molar-refractivity contribution in [2.75, 3.05) is 26.2 Å². The van der Waals surface area contributed by atoms with E-state index in [1.54, 1.807) is 48.0 Å². The predicted molar refractivity (Wildman–Crippen MR) is 122 cm³/mol. The van der Waals surface area contributed by atoms with Gasteiger partial charge in [-0.15, -0.1) is 0 Å². The molecule has 0 spiro atoms. The zero-order valence-electron chi connectivity index (χ0n) is 17.7. The van der Waals surface area contributed by atoms with Gasteiger partial charge in [0.1, 0.15) is 5.82 Å². The summed E-state index contributed by atoms with van der Waals surface area (Å²) in [5.74, 6) is 0.681. The molecule has 1 aromatic heterocycles. The number of benzene rings is 2. The molecule has 3 aromatic rings. The van der Waals surface area contributed by atoms with E-state index in [-0.39, 0.29) is 16.5 Å². The normalized spacial score (nSPS) is 17.0. The van der Waals surface area contributed by atoms with Crippen LogP contribution in [0.4, 0.5) is 0 Å². The Morgan fingerprint density at radius 3 is 2.32 bits per heavy atom. The van der Waals surface area contributed by atoms with Gasteiger partial charge in [-0.25, -0.2) is 13.4 Å². The van der Waals surface area contributed by atoms with Crippen LogP contribution in [0.5, 0.6) is 0 Å². The SMILES string of the molecule is C=Cc1ccc(S(=O)(=O)N2CCN(C(C)c3nc4ccccc4c(=O)n3C)CC2)cc1. The van der Waals surface area contributed by atoms with Crippen molar-refractivity contribution in [2.24, 2.45) is 7.05 Å². The zero-order valence-corrected chi connectivity index (χ0v) is 18.5. The maximum Gasteiger partial charge on any atom is 0.261 e. The topological polar surface area (TPSA) is 75.5 Å². The lowest BCUT2D eigenvalue weighted by molar-refractivity contribution is 0.139. The molecule has 8 heteroatoms. The standard InChI is InChI=1S/C23H26N4O3S/c1-4-18-9-11-19(12-10-18)31(29,30)27-15-13-26(14-16-27)17(2)22-24-21-8-6-5-7-20(21)23(28)25(22)3/h4-12,17H,1,13-16H2,2-3H3. The van der Waals surface area contributed by atoms with Crippen LogP contribution in [0, 0.1) is 0 Å². The quantitative estimate of drug-likeness (QED) is 0.612. The highest BCUT2D eigenvalue weighted by Crippen LogP contribution is 2.24. The number of piperazine rings is 1. The Labute approximate surface area is 182 Å². The molecule has 2 aromatic carbocycles. The summed E-state index contributed by atoms with van der Waals surface area (Å²) in [7, 11) is -1.81. The number of para-hydroxylation sites is 1. The first-order valence-electron chi connectivity index (χ1n) is 10.3. The van der Waals surface area contributed by atoms with E-state index in [2.05, 4.69) is 11.5 Å².